The quantitative estimate of drug-likeness (QED) is 0.280. The number of hydrazine groups is 1. The Morgan fingerprint density at radius 3 is 2.00 bits per heavy atom. The van der Waals surface area contributed by atoms with Crippen molar-refractivity contribution in [2.75, 3.05) is 13.7 Å². The van der Waals surface area contributed by atoms with E-state index in [1.165, 1.54) is 0 Å². The second-order valence-electron chi connectivity index (χ2n) is 0.835. The molecule has 32 valence electrons. The molecule has 0 aromatic carbocycles. The summed E-state index contributed by atoms with van der Waals surface area (Å²) in [5.41, 5.74) is 0. The Kier molecular flexibility index (Phi) is 2.76. The smallest absolute Gasteiger partial charge is 0.00518 e. The van der Waals surface area contributed by atoms with Crippen molar-refractivity contribution < 1.29 is 0 Å². The molecule has 0 rings (SSSR count). The first-order chi connectivity index (χ1) is 2.27. The van der Waals surface area contributed by atoms with Crippen LogP contribution in [0.25, 0.3) is 0 Å². The summed E-state index contributed by atoms with van der Waals surface area (Å²) in [6.07, 6.45) is 0. The van der Waals surface area contributed by atoms with Gasteiger partial charge in [0.25, 0.3) is 0 Å². The Labute approximate surface area is 34.1 Å². The van der Waals surface area contributed by atoms with E-state index in [2.05, 4.69) is 0 Å². The van der Waals surface area contributed by atoms with Gasteiger partial charge in [-0.3, -0.25) is 5.84 Å². The average Bonchev–Trinajstić information content (AvgIpc) is 1.38. The molecule has 0 aliphatic carbocycles. The molecule has 0 bridgehead atoms. The van der Waals surface area contributed by atoms with Gasteiger partial charge in [0.2, 0.25) is 0 Å². The Morgan fingerprint density at radius 2 is 2.00 bits per heavy atom. The lowest BCUT2D eigenvalue weighted by Gasteiger charge is -2.00. The van der Waals surface area contributed by atoms with Crippen LogP contribution in [0.1, 0.15) is 0 Å². The standard InChI is InChI=1S/C2H9N2P/c1-4(3)5-2/h5H,3H2,1-2H3. The molecule has 2 N–H and O–H groups in total. The summed E-state index contributed by atoms with van der Waals surface area (Å²) in [6, 6.07) is 0. The van der Waals surface area contributed by atoms with Crippen molar-refractivity contribution in [3.63, 3.8) is 0 Å². The van der Waals surface area contributed by atoms with Crippen molar-refractivity contribution >= 4 is 8.73 Å². The lowest BCUT2D eigenvalue weighted by molar-refractivity contribution is 0.602. The van der Waals surface area contributed by atoms with Crippen molar-refractivity contribution in [2.45, 2.75) is 0 Å². The van der Waals surface area contributed by atoms with E-state index < -0.39 is 0 Å². The third-order valence-corrected chi connectivity index (χ3v) is 1.06. The van der Waals surface area contributed by atoms with Crippen LogP contribution < -0.4 is 5.84 Å². The second-order valence-corrected chi connectivity index (χ2v) is 1.99. The second kappa shape index (κ2) is 2.58. The van der Waals surface area contributed by atoms with Gasteiger partial charge in [0.05, 0.1) is 0 Å². The summed E-state index contributed by atoms with van der Waals surface area (Å²) >= 11 is 0. The maximum absolute atomic E-state index is 5.14. The van der Waals surface area contributed by atoms with E-state index in [-0.39, 0.29) is 0 Å². The zero-order chi connectivity index (χ0) is 4.28. The molecule has 0 spiro atoms. The van der Waals surface area contributed by atoms with Crippen molar-refractivity contribution in [1.29, 1.82) is 0 Å². The van der Waals surface area contributed by atoms with Crippen LogP contribution in [0.3, 0.4) is 0 Å². The first-order valence-corrected chi connectivity index (χ1v) is 2.88. The normalized spacial score (nSPS) is 12.0. The molecule has 1 atom stereocenters. The van der Waals surface area contributed by atoms with Crippen LogP contribution >= 0.6 is 8.73 Å². The number of nitrogens with zero attached hydrogens (tertiary/aromatic N) is 1. The molecule has 0 amide bonds. The fourth-order valence-corrected chi connectivity index (χ4v) is 0. The largest absolute Gasteiger partial charge is 0.266 e. The summed E-state index contributed by atoms with van der Waals surface area (Å²) in [6.45, 7) is 2.03. The molecule has 0 aromatic rings. The highest BCUT2D eigenvalue weighted by Gasteiger charge is 1.71. The van der Waals surface area contributed by atoms with E-state index in [1.54, 1.807) is 4.78 Å². The number of hydrogen-bond acceptors (Lipinski definition) is 2. The molecule has 0 saturated carbocycles. The van der Waals surface area contributed by atoms with Crippen LogP contribution in [-0.2, 0) is 0 Å². The third-order valence-electron chi connectivity index (χ3n) is 0.353. The minimum atomic E-state index is 0.725. The van der Waals surface area contributed by atoms with E-state index in [1.807, 2.05) is 13.7 Å². The summed E-state index contributed by atoms with van der Waals surface area (Å²) in [5.74, 6) is 5.14. The molecule has 0 radical (unpaired) electrons. The van der Waals surface area contributed by atoms with E-state index in [0.29, 0.717) is 0 Å². The zero-order valence-electron chi connectivity index (χ0n) is 3.52. The number of hydrogen-bond donors (Lipinski definition) is 1. The highest BCUT2D eigenvalue weighted by Crippen LogP contribution is 1.98. The predicted octanol–water partition coefficient (Wildman–Crippen LogP) is 0.0152. The van der Waals surface area contributed by atoms with Crippen molar-refractivity contribution in [3.8, 4) is 0 Å². The molecule has 0 heterocycles. The molecule has 1 unspecified atom stereocenters. The van der Waals surface area contributed by atoms with E-state index in [4.69, 9.17) is 5.84 Å². The van der Waals surface area contributed by atoms with Crippen LogP contribution in [0.2, 0.25) is 0 Å². The van der Waals surface area contributed by atoms with Crippen LogP contribution in [0.5, 0.6) is 0 Å². The van der Waals surface area contributed by atoms with Crippen LogP contribution in [-0.4, -0.2) is 18.5 Å². The fourth-order valence-electron chi connectivity index (χ4n) is 0. The fraction of sp³-hybridized carbons (Fsp3) is 1.00. The Hall–Kier alpha value is 0.350. The maximum Gasteiger partial charge on any atom is 0.00518 e. The van der Waals surface area contributed by atoms with Gasteiger partial charge < -0.3 is 0 Å². The topological polar surface area (TPSA) is 29.3 Å². The maximum atomic E-state index is 5.14. The summed E-state index contributed by atoms with van der Waals surface area (Å²) < 4.78 is 1.65. The van der Waals surface area contributed by atoms with Gasteiger partial charge in [0.1, 0.15) is 0 Å². The Morgan fingerprint density at radius 1 is 1.80 bits per heavy atom. The van der Waals surface area contributed by atoms with Gasteiger partial charge in [-0.15, -0.1) is 0 Å². The molecule has 0 aromatic heterocycles. The minimum absolute atomic E-state index is 0.725. The van der Waals surface area contributed by atoms with Crippen LogP contribution in [0.15, 0.2) is 0 Å². The first-order valence-electron chi connectivity index (χ1n) is 1.43. The third kappa shape index (κ3) is 4.35. The lowest BCUT2D eigenvalue weighted by atomic mass is 11.5. The molecule has 0 fully saturated rings. The van der Waals surface area contributed by atoms with Gasteiger partial charge in [0.15, 0.2) is 0 Å². The van der Waals surface area contributed by atoms with Crippen LogP contribution in [0, 0.1) is 0 Å². The van der Waals surface area contributed by atoms with Crippen molar-refractivity contribution in [3.05, 3.63) is 0 Å². The molecule has 5 heavy (non-hydrogen) atoms. The molecule has 0 saturated heterocycles. The summed E-state index contributed by atoms with van der Waals surface area (Å²) in [5, 5.41) is 0. The average molecular weight is 92.1 g/mol. The van der Waals surface area contributed by atoms with Crippen LogP contribution in [0.4, 0.5) is 0 Å². The van der Waals surface area contributed by atoms with Gasteiger partial charge in [-0.2, -0.15) is 0 Å². The van der Waals surface area contributed by atoms with Gasteiger partial charge >= 0.3 is 0 Å². The van der Waals surface area contributed by atoms with Gasteiger partial charge in [-0.25, -0.2) is 4.78 Å². The number of nitrogens with two attached hydrogens (primary N) is 1. The van der Waals surface area contributed by atoms with E-state index in [9.17, 15) is 0 Å². The molecule has 2 nitrogen and oxygen atoms in total. The highest BCUT2D eigenvalue weighted by atomic mass is 31.1. The lowest BCUT2D eigenvalue weighted by Crippen LogP contribution is -2.13. The van der Waals surface area contributed by atoms with E-state index >= 15 is 0 Å². The monoisotopic (exact) mass is 92.1 g/mol. The highest BCUT2D eigenvalue weighted by molar-refractivity contribution is 7.34. The van der Waals surface area contributed by atoms with Gasteiger partial charge in [0, 0.05) is 7.05 Å². The zero-order valence-corrected chi connectivity index (χ0v) is 4.52. The summed E-state index contributed by atoms with van der Waals surface area (Å²) in [7, 11) is 2.57. The Bertz CT molecular complexity index is 21.6. The molecular formula is C2H9N2P. The minimum Gasteiger partial charge on any atom is -0.266 e. The first kappa shape index (κ1) is 5.35. The Balaban J connectivity index is 2.54. The van der Waals surface area contributed by atoms with Crippen molar-refractivity contribution in [1.82, 2.24) is 4.78 Å². The molecular weight excluding hydrogens is 83.0 g/mol. The molecule has 0 aliphatic heterocycles. The van der Waals surface area contributed by atoms with Gasteiger partial charge in [-0.05, 0) is 15.4 Å². The number of rotatable bonds is 1. The summed E-state index contributed by atoms with van der Waals surface area (Å²) in [4.78, 5) is 0. The van der Waals surface area contributed by atoms with E-state index in [0.717, 1.165) is 8.73 Å². The molecule has 0 aliphatic rings. The SMILES string of the molecule is CPN(C)N. The van der Waals surface area contributed by atoms with Gasteiger partial charge in [-0.1, -0.05) is 0 Å². The van der Waals surface area contributed by atoms with Crippen molar-refractivity contribution in [2.24, 2.45) is 5.84 Å². The predicted molar refractivity (Wildman–Crippen MR) is 26.2 cm³/mol. The molecule has 3 heteroatoms.